The van der Waals surface area contributed by atoms with Crippen molar-refractivity contribution < 1.29 is 59.8 Å². The molecule has 10 unspecified atom stereocenters. The Morgan fingerprint density at radius 1 is 0.893 bits per heavy atom. The van der Waals surface area contributed by atoms with Gasteiger partial charge in [-0.2, -0.15) is 0 Å². The van der Waals surface area contributed by atoms with Gasteiger partial charge in [-0.25, -0.2) is 0 Å². The minimum Gasteiger partial charge on any atom is -0.394 e. The number of epoxide rings is 1. The Kier molecular flexibility index (Phi) is 8.79. The highest BCUT2D eigenvalue weighted by atomic mass is 35.5. The summed E-state index contributed by atoms with van der Waals surface area (Å²) in [6.45, 7) is -1.44. The molecule has 3 aliphatic rings. The maximum absolute atomic E-state index is 10.00. The predicted molar refractivity (Wildman–Crippen MR) is 89.1 cm³/mol. The van der Waals surface area contributed by atoms with Crippen LogP contribution in [-0.4, -0.2) is 134 Å². The SMILES string of the molecule is ClCC1CO1.OCC1OC(OC2(CO)OC(CO)C(O)C2O)C(O)C(O)C1O. The number of aliphatic hydroxyl groups is 8. The van der Waals surface area contributed by atoms with E-state index in [0.717, 1.165) is 6.61 Å². The first-order valence-electron chi connectivity index (χ1n) is 8.66. The van der Waals surface area contributed by atoms with Crippen LogP contribution in [0.4, 0.5) is 0 Å². The van der Waals surface area contributed by atoms with Crippen LogP contribution in [0.2, 0.25) is 0 Å². The van der Waals surface area contributed by atoms with E-state index in [1.807, 2.05) is 0 Å². The molecule has 3 saturated heterocycles. The van der Waals surface area contributed by atoms with Gasteiger partial charge in [-0.3, -0.25) is 0 Å². The minimum atomic E-state index is -2.22. The van der Waals surface area contributed by atoms with Crippen LogP contribution in [0.15, 0.2) is 0 Å². The molecular weight excluding hydrogens is 408 g/mol. The van der Waals surface area contributed by atoms with E-state index in [4.69, 9.17) is 40.8 Å². The molecule has 10 atom stereocenters. The molecule has 3 heterocycles. The quantitative estimate of drug-likeness (QED) is 0.147. The normalized spacial score (nSPS) is 48.1. The Bertz CT molecular complexity index is 480. The number of aliphatic hydroxyl groups excluding tert-OH is 8. The second-order valence-corrected chi connectivity index (χ2v) is 6.98. The zero-order chi connectivity index (χ0) is 21.1. The van der Waals surface area contributed by atoms with Crippen LogP contribution in [0.1, 0.15) is 0 Å². The summed E-state index contributed by atoms with van der Waals surface area (Å²) in [5.41, 5.74) is 0. The molecule has 12 nitrogen and oxygen atoms in total. The number of ether oxygens (including phenoxy) is 4. The molecule has 0 saturated carbocycles. The van der Waals surface area contributed by atoms with Gasteiger partial charge in [0.2, 0.25) is 5.79 Å². The number of rotatable bonds is 6. The van der Waals surface area contributed by atoms with Crippen LogP contribution in [0.3, 0.4) is 0 Å². The van der Waals surface area contributed by atoms with Gasteiger partial charge in [0.15, 0.2) is 6.29 Å². The summed E-state index contributed by atoms with van der Waals surface area (Å²) in [7, 11) is 0. The fourth-order valence-electron chi connectivity index (χ4n) is 2.79. The van der Waals surface area contributed by atoms with Gasteiger partial charge in [-0.05, 0) is 0 Å². The number of alkyl halides is 1. The molecule has 0 aromatic carbocycles. The summed E-state index contributed by atoms with van der Waals surface area (Å²) >= 11 is 5.27. The zero-order valence-corrected chi connectivity index (χ0v) is 15.6. The van der Waals surface area contributed by atoms with Gasteiger partial charge in [-0.1, -0.05) is 0 Å². The van der Waals surface area contributed by atoms with Gasteiger partial charge in [0, 0.05) is 0 Å². The minimum absolute atomic E-state index is 0.400. The van der Waals surface area contributed by atoms with Crippen molar-refractivity contribution in [2.75, 3.05) is 32.3 Å². The molecule has 0 aromatic heterocycles. The molecular formula is C15H27ClO12. The van der Waals surface area contributed by atoms with Crippen molar-refractivity contribution in [3.05, 3.63) is 0 Å². The van der Waals surface area contributed by atoms with Crippen molar-refractivity contribution in [2.24, 2.45) is 0 Å². The summed E-state index contributed by atoms with van der Waals surface area (Å²) in [5.74, 6) is -1.56. The predicted octanol–water partition coefficient (Wildman–Crippen LogP) is -4.77. The van der Waals surface area contributed by atoms with Crippen LogP contribution in [0, 0.1) is 0 Å². The average molecular weight is 435 g/mol. The topological polar surface area (TPSA) is 202 Å². The van der Waals surface area contributed by atoms with Gasteiger partial charge in [0.05, 0.1) is 31.8 Å². The summed E-state index contributed by atoms with van der Waals surface area (Å²) in [6, 6.07) is 0. The lowest BCUT2D eigenvalue weighted by atomic mass is 9.99. The Balaban J connectivity index is 0.000000485. The van der Waals surface area contributed by atoms with E-state index in [-0.39, 0.29) is 0 Å². The smallest absolute Gasteiger partial charge is 0.224 e. The molecule has 28 heavy (non-hydrogen) atoms. The Morgan fingerprint density at radius 2 is 1.50 bits per heavy atom. The summed E-state index contributed by atoms with van der Waals surface area (Å²) in [5, 5.41) is 76.7. The van der Waals surface area contributed by atoms with E-state index in [0.29, 0.717) is 12.0 Å². The summed E-state index contributed by atoms with van der Waals surface area (Å²) in [6.07, 6.45) is -12.3. The summed E-state index contributed by atoms with van der Waals surface area (Å²) in [4.78, 5) is 0. The molecule has 8 N–H and O–H groups in total. The van der Waals surface area contributed by atoms with Crippen LogP contribution in [0.25, 0.3) is 0 Å². The Hall–Kier alpha value is -0.190. The van der Waals surface area contributed by atoms with E-state index in [9.17, 15) is 30.6 Å². The molecule has 3 aliphatic heterocycles. The lowest BCUT2D eigenvalue weighted by molar-refractivity contribution is -0.383. The standard InChI is InChI=1S/C12H22O11.C3H5ClO/c13-1-4-6(16)8(18)9(19)11(21-4)23-12(3-15)10(20)7(17)5(2-14)22-12;4-1-3-2-5-3/h4-11,13-20H,1-3H2;3H,1-2H2. The third-order valence-corrected chi connectivity index (χ3v) is 4.99. The fourth-order valence-corrected chi connectivity index (χ4v) is 2.97. The molecule has 0 amide bonds. The van der Waals surface area contributed by atoms with Crippen LogP contribution < -0.4 is 0 Å². The lowest BCUT2D eigenvalue weighted by Gasteiger charge is -2.43. The zero-order valence-electron chi connectivity index (χ0n) is 14.8. The molecule has 13 heteroatoms. The molecule has 0 bridgehead atoms. The Labute approximate surface area is 165 Å². The van der Waals surface area contributed by atoms with Crippen LogP contribution in [0.5, 0.6) is 0 Å². The van der Waals surface area contributed by atoms with E-state index in [1.54, 1.807) is 0 Å². The number of halogens is 1. The third kappa shape index (κ3) is 5.10. The first-order valence-corrected chi connectivity index (χ1v) is 9.19. The molecule has 166 valence electrons. The van der Waals surface area contributed by atoms with Crippen molar-refractivity contribution in [2.45, 2.75) is 60.9 Å². The molecule has 0 aliphatic carbocycles. The Morgan fingerprint density at radius 3 is 1.89 bits per heavy atom. The average Bonchev–Trinajstić information content (AvgIpc) is 3.52. The molecule has 0 spiro atoms. The van der Waals surface area contributed by atoms with Crippen LogP contribution in [-0.2, 0) is 18.9 Å². The second kappa shape index (κ2) is 10.2. The van der Waals surface area contributed by atoms with E-state index >= 15 is 0 Å². The third-order valence-electron chi connectivity index (χ3n) is 4.64. The first kappa shape index (κ1) is 24.1. The van der Waals surface area contributed by atoms with Gasteiger partial charge in [0.25, 0.3) is 0 Å². The van der Waals surface area contributed by atoms with E-state index in [2.05, 4.69) is 0 Å². The van der Waals surface area contributed by atoms with Gasteiger partial charge >= 0.3 is 0 Å². The monoisotopic (exact) mass is 434 g/mol. The number of hydrogen-bond donors (Lipinski definition) is 8. The molecule has 0 radical (unpaired) electrons. The number of hydrogen-bond acceptors (Lipinski definition) is 12. The maximum Gasteiger partial charge on any atom is 0.224 e. The fraction of sp³-hybridized carbons (Fsp3) is 1.00. The molecule has 3 fully saturated rings. The lowest BCUT2D eigenvalue weighted by Crippen LogP contribution is -2.62. The van der Waals surface area contributed by atoms with Gasteiger partial charge in [-0.15, -0.1) is 11.6 Å². The maximum atomic E-state index is 10.00. The van der Waals surface area contributed by atoms with E-state index in [1.165, 1.54) is 0 Å². The molecule has 0 aromatic rings. The second-order valence-electron chi connectivity index (χ2n) is 6.67. The first-order chi connectivity index (χ1) is 13.2. The van der Waals surface area contributed by atoms with Crippen LogP contribution >= 0.6 is 11.6 Å². The van der Waals surface area contributed by atoms with E-state index < -0.39 is 74.6 Å². The highest BCUT2D eigenvalue weighted by Gasteiger charge is 2.58. The van der Waals surface area contributed by atoms with Crippen molar-refractivity contribution in [1.29, 1.82) is 0 Å². The molecule has 3 rings (SSSR count). The largest absolute Gasteiger partial charge is 0.394 e. The van der Waals surface area contributed by atoms with Crippen molar-refractivity contribution in [1.82, 2.24) is 0 Å². The highest BCUT2D eigenvalue weighted by Crippen LogP contribution is 2.35. The van der Waals surface area contributed by atoms with Crippen molar-refractivity contribution in [3.63, 3.8) is 0 Å². The highest BCUT2D eigenvalue weighted by molar-refractivity contribution is 6.18. The van der Waals surface area contributed by atoms with Crippen molar-refractivity contribution >= 4 is 11.6 Å². The van der Waals surface area contributed by atoms with Gasteiger partial charge in [0.1, 0.15) is 49.3 Å². The van der Waals surface area contributed by atoms with Crippen molar-refractivity contribution in [3.8, 4) is 0 Å². The van der Waals surface area contributed by atoms with Gasteiger partial charge < -0.3 is 59.8 Å². The summed E-state index contributed by atoms with van der Waals surface area (Å²) < 4.78 is 20.2.